The molecule has 4 N–H and O–H groups in total. The molecule has 0 radical (unpaired) electrons. The Hall–Kier alpha value is -2.56. The number of nitrogens with two attached hydrogens (primary N) is 1. The number of oxazole rings is 1. The molecule has 3 aromatic rings. The van der Waals surface area contributed by atoms with Crippen LogP contribution in [0.15, 0.2) is 63.9 Å². The van der Waals surface area contributed by atoms with Crippen molar-refractivity contribution >= 4 is 10.0 Å². The summed E-state index contributed by atoms with van der Waals surface area (Å²) in [5.74, 6) is 0.701. The van der Waals surface area contributed by atoms with Crippen LogP contribution in [0.5, 0.6) is 0 Å². The van der Waals surface area contributed by atoms with Crippen molar-refractivity contribution in [1.82, 2.24) is 4.98 Å². The molecule has 0 saturated heterocycles. The summed E-state index contributed by atoms with van der Waals surface area (Å²) in [6.07, 6.45) is -0.732. The van der Waals surface area contributed by atoms with Gasteiger partial charge in [-0.15, -0.1) is 0 Å². The Kier molecular flexibility index (Phi) is 6.22. The number of primary sulfonamides is 1. The molecular weight excluding hydrogens is 384 g/mol. The Balaban J connectivity index is 1.98. The molecule has 9 heteroatoms. The molecule has 0 spiro atoms. The van der Waals surface area contributed by atoms with Gasteiger partial charge in [0.15, 0.2) is 5.76 Å². The number of rotatable bonds is 8. The lowest BCUT2D eigenvalue weighted by Gasteiger charge is -2.10. The Bertz CT molecular complexity index is 1010. The summed E-state index contributed by atoms with van der Waals surface area (Å²) in [5.41, 5.74) is 1.99. The van der Waals surface area contributed by atoms with E-state index in [9.17, 15) is 8.42 Å². The summed E-state index contributed by atoms with van der Waals surface area (Å²) in [6.45, 7) is -0.698. The zero-order valence-corrected chi connectivity index (χ0v) is 15.7. The average Bonchev–Trinajstić information content (AvgIpc) is 3.13. The van der Waals surface area contributed by atoms with Crippen LogP contribution in [0.4, 0.5) is 0 Å². The first-order valence-electron chi connectivity index (χ1n) is 8.44. The highest BCUT2D eigenvalue weighted by Crippen LogP contribution is 2.33. The number of hydrogen-bond donors (Lipinski definition) is 3. The molecule has 0 aliphatic carbocycles. The third-order valence-electron chi connectivity index (χ3n) is 4.01. The van der Waals surface area contributed by atoms with Gasteiger partial charge in [0.25, 0.3) is 0 Å². The molecule has 0 amide bonds. The van der Waals surface area contributed by atoms with Gasteiger partial charge in [0, 0.05) is 11.1 Å². The smallest absolute Gasteiger partial charge is 0.238 e. The molecule has 0 aliphatic rings. The van der Waals surface area contributed by atoms with Gasteiger partial charge in [0.2, 0.25) is 15.9 Å². The van der Waals surface area contributed by atoms with E-state index in [1.54, 1.807) is 12.1 Å². The molecule has 8 nitrogen and oxygen atoms in total. The van der Waals surface area contributed by atoms with Crippen LogP contribution in [0, 0.1) is 0 Å². The number of aliphatic hydroxyl groups excluding tert-OH is 2. The fourth-order valence-electron chi connectivity index (χ4n) is 2.56. The zero-order chi connectivity index (χ0) is 20.1. The van der Waals surface area contributed by atoms with Crippen LogP contribution >= 0.6 is 0 Å². The molecule has 1 heterocycles. The highest BCUT2D eigenvalue weighted by molar-refractivity contribution is 7.89. The molecule has 0 saturated carbocycles. The van der Waals surface area contributed by atoms with Gasteiger partial charge in [0.1, 0.15) is 18.4 Å². The summed E-state index contributed by atoms with van der Waals surface area (Å²) in [5, 5.41) is 23.4. The normalized spacial score (nSPS) is 11.9. The molecule has 2 aromatic carbocycles. The van der Waals surface area contributed by atoms with Gasteiger partial charge in [0.05, 0.1) is 18.1 Å². The largest absolute Gasteiger partial charge is 0.437 e. The summed E-state index contributed by atoms with van der Waals surface area (Å²) >= 11 is 0. The predicted octanol–water partition coefficient (Wildman–Crippen LogP) is 1.53. The van der Waals surface area contributed by atoms with Gasteiger partial charge in [-0.05, 0) is 24.3 Å². The van der Waals surface area contributed by atoms with E-state index in [1.165, 1.54) is 12.1 Å². The standard InChI is InChI=1S/C19H20N2O6S/c20-28(24,25)16-8-6-14(7-9-16)19-18(13-4-2-1-3-5-13)21-17(27-19)12-26-15(10-22)11-23/h1-9,15,22-23H,10-12H2,(H2,20,24,25). The molecule has 0 bridgehead atoms. The first kappa shape index (κ1) is 20.2. The fraction of sp³-hybridized carbons (Fsp3) is 0.211. The number of hydrogen-bond acceptors (Lipinski definition) is 7. The minimum absolute atomic E-state index is 0.00526. The number of benzene rings is 2. The van der Waals surface area contributed by atoms with Gasteiger partial charge >= 0.3 is 0 Å². The van der Waals surface area contributed by atoms with E-state index in [1.807, 2.05) is 30.3 Å². The fourth-order valence-corrected chi connectivity index (χ4v) is 3.08. The molecule has 1 aromatic heterocycles. The minimum Gasteiger partial charge on any atom is -0.437 e. The summed E-state index contributed by atoms with van der Waals surface area (Å²) in [7, 11) is -3.80. The van der Waals surface area contributed by atoms with E-state index in [2.05, 4.69) is 4.98 Å². The Morgan fingerprint density at radius 1 is 1.00 bits per heavy atom. The lowest BCUT2D eigenvalue weighted by molar-refractivity contribution is -0.0350. The van der Waals surface area contributed by atoms with Crippen molar-refractivity contribution in [3.63, 3.8) is 0 Å². The maximum absolute atomic E-state index is 11.5. The van der Waals surface area contributed by atoms with Crippen molar-refractivity contribution in [2.45, 2.75) is 17.6 Å². The van der Waals surface area contributed by atoms with E-state index < -0.39 is 16.1 Å². The summed E-state index contributed by atoms with van der Waals surface area (Å²) < 4.78 is 34.1. The molecule has 148 valence electrons. The molecule has 0 unspecified atom stereocenters. The monoisotopic (exact) mass is 404 g/mol. The van der Waals surface area contributed by atoms with Gasteiger partial charge in [-0.3, -0.25) is 0 Å². The summed E-state index contributed by atoms with van der Waals surface area (Å²) in [4.78, 5) is 4.47. The molecule has 0 atom stereocenters. The maximum Gasteiger partial charge on any atom is 0.238 e. The second kappa shape index (κ2) is 8.63. The number of nitrogens with zero attached hydrogens (tertiary/aromatic N) is 1. The Morgan fingerprint density at radius 2 is 1.64 bits per heavy atom. The van der Waals surface area contributed by atoms with Crippen LogP contribution in [-0.4, -0.2) is 42.9 Å². The lowest BCUT2D eigenvalue weighted by atomic mass is 10.1. The second-order valence-electron chi connectivity index (χ2n) is 6.02. The third kappa shape index (κ3) is 4.64. The van der Waals surface area contributed by atoms with Crippen molar-refractivity contribution in [3.05, 3.63) is 60.5 Å². The number of sulfonamides is 1. The SMILES string of the molecule is NS(=O)(=O)c1ccc(-c2oc(COC(CO)CO)nc2-c2ccccc2)cc1. The number of aromatic nitrogens is 1. The molecular formula is C19H20N2O6S. The molecule has 0 aliphatic heterocycles. The third-order valence-corrected chi connectivity index (χ3v) is 4.94. The Labute approximate surface area is 162 Å². The zero-order valence-electron chi connectivity index (χ0n) is 14.9. The molecule has 3 rings (SSSR count). The van der Waals surface area contributed by atoms with Crippen molar-refractivity contribution in [3.8, 4) is 22.6 Å². The van der Waals surface area contributed by atoms with Gasteiger partial charge in [-0.2, -0.15) is 0 Å². The van der Waals surface area contributed by atoms with E-state index in [4.69, 9.17) is 24.5 Å². The van der Waals surface area contributed by atoms with Crippen LogP contribution < -0.4 is 5.14 Å². The quantitative estimate of drug-likeness (QED) is 0.518. The highest BCUT2D eigenvalue weighted by atomic mass is 32.2. The second-order valence-corrected chi connectivity index (χ2v) is 7.58. The summed E-state index contributed by atoms with van der Waals surface area (Å²) in [6, 6.07) is 15.3. The van der Waals surface area contributed by atoms with Crippen molar-refractivity contribution in [2.24, 2.45) is 5.14 Å². The number of ether oxygens (including phenoxy) is 1. The van der Waals surface area contributed by atoms with E-state index >= 15 is 0 Å². The predicted molar refractivity (Wildman–Crippen MR) is 101 cm³/mol. The van der Waals surface area contributed by atoms with Crippen LogP contribution in [0.1, 0.15) is 5.89 Å². The molecule has 28 heavy (non-hydrogen) atoms. The first-order valence-corrected chi connectivity index (χ1v) is 9.98. The lowest BCUT2D eigenvalue weighted by Crippen LogP contribution is -2.21. The molecule has 0 fully saturated rings. The number of aliphatic hydroxyl groups is 2. The van der Waals surface area contributed by atoms with Crippen molar-refractivity contribution < 1.29 is 27.8 Å². The van der Waals surface area contributed by atoms with Crippen molar-refractivity contribution in [2.75, 3.05) is 13.2 Å². The Morgan fingerprint density at radius 3 is 2.21 bits per heavy atom. The topological polar surface area (TPSA) is 136 Å². The minimum atomic E-state index is -3.80. The van der Waals surface area contributed by atoms with E-state index in [0.29, 0.717) is 17.0 Å². The van der Waals surface area contributed by atoms with Crippen LogP contribution in [-0.2, 0) is 21.4 Å². The van der Waals surface area contributed by atoms with Gasteiger partial charge < -0.3 is 19.4 Å². The van der Waals surface area contributed by atoms with Crippen molar-refractivity contribution in [1.29, 1.82) is 0 Å². The van der Waals surface area contributed by atoms with Crippen LogP contribution in [0.25, 0.3) is 22.6 Å². The average molecular weight is 404 g/mol. The maximum atomic E-state index is 11.5. The highest BCUT2D eigenvalue weighted by Gasteiger charge is 2.19. The van der Waals surface area contributed by atoms with E-state index in [-0.39, 0.29) is 30.6 Å². The van der Waals surface area contributed by atoms with Gasteiger partial charge in [-0.25, -0.2) is 18.5 Å². The van der Waals surface area contributed by atoms with E-state index in [0.717, 1.165) is 5.56 Å². The first-order chi connectivity index (χ1) is 13.4. The van der Waals surface area contributed by atoms with Crippen LogP contribution in [0.3, 0.4) is 0 Å². The van der Waals surface area contributed by atoms with Gasteiger partial charge in [-0.1, -0.05) is 30.3 Å². The van der Waals surface area contributed by atoms with Crippen LogP contribution in [0.2, 0.25) is 0 Å².